The number of anilines is 2. The Bertz CT molecular complexity index is 544. The fourth-order valence-electron chi connectivity index (χ4n) is 3.10. The molecule has 1 aliphatic rings. The first-order valence-corrected chi connectivity index (χ1v) is 10.8. The lowest BCUT2D eigenvalue weighted by Gasteiger charge is -2.21. The summed E-state index contributed by atoms with van der Waals surface area (Å²) in [6.07, 6.45) is 2.17. The van der Waals surface area contributed by atoms with Crippen molar-refractivity contribution >= 4 is 35.0 Å². The maximum atomic E-state index is 9.08. The Morgan fingerprint density at radius 1 is 1.25 bits per heavy atom. The predicted octanol–water partition coefficient (Wildman–Crippen LogP) is 3.42. The van der Waals surface area contributed by atoms with Crippen molar-refractivity contribution in [3.63, 3.8) is 0 Å². The van der Waals surface area contributed by atoms with Crippen LogP contribution in [0.25, 0.3) is 0 Å². The van der Waals surface area contributed by atoms with E-state index in [0.717, 1.165) is 41.0 Å². The van der Waals surface area contributed by atoms with Crippen LogP contribution < -0.4 is 11.1 Å². The van der Waals surface area contributed by atoms with E-state index in [1.165, 1.54) is 0 Å². The second kappa shape index (κ2) is 9.15. The molecule has 1 unspecified atom stereocenters. The highest BCUT2D eigenvalue weighted by molar-refractivity contribution is 8.00. The summed E-state index contributed by atoms with van der Waals surface area (Å²) in [5.41, 5.74) is 7.72. The molecule has 7 heteroatoms. The van der Waals surface area contributed by atoms with E-state index in [4.69, 9.17) is 10.8 Å². The van der Waals surface area contributed by atoms with Gasteiger partial charge in [0.15, 0.2) is 11.0 Å². The van der Waals surface area contributed by atoms with Crippen molar-refractivity contribution in [3.05, 3.63) is 5.69 Å². The maximum Gasteiger partial charge on any atom is 0.189 e. The van der Waals surface area contributed by atoms with Gasteiger partial charge in [-0.3, -0.25) is 0 Å². The monoisotopic (exact) mass is 370 g/mol. The van der Waals surface area contributed by atoms with Crippen molar-refractivity contribution < 1.29 is 5.11 Å². The van der Waals surface area contributed by atoms with Crippen LogP contribution in [-0.4, -0.2) is 44.5 Å². The van der Waals surface area contributed by atoms with Crippen molar-refractivity contribution in [1.29, 1.82) is 0 Å². The Kier molecular flexibility index (Phi) is 7.50. The normalized spacial score (nSPS) is 26.7. The molecule has 5 nitrogen and oxygen atoms in total. The SMILES string of the molecule is CCCSc1nc(C)c(N)c(NC2C[C@H](SCCO)[C@@H](C)[C@H]2C)n1. The minimum absolute atomic E-state index is 0.246. The highest BCUT2D eigenvalue weighted by Gasteiger charge is 2.38. The third-order valence-corrected chi connectivity index (χ3v) is 7.35. The summed E-state index contributed by atoms with van der Waals surface area (Å²) < 4.78 is 0. The number of aliphatic hydroxyl groups excluding tert-OH is 1. The minimum Gasteiger partial charge on any atom is -0.396 e. The molecule has 136 valence electrons. The van der Waals surface area contributed by atoms with E-state index in [0.29, 0.717) is 28.8 Å². The molecule has 0 amide bonds. The smallest absolute Gasteiger partial charge is 0.189 e. The fraction of sp³-hybridized carbons (Fsp3) is 0.765. The third-order valence-electron chi connectivity index (χ3n) is 4.83. The molecule has 1 saturated carbocycles. The number of nitrogens with two attached hydrogens (primary N) is 1. The Hall–Kier alpha value is -0.660. The Labute approximate surface area is 154 Å². The molecule has 1 heterocycles. The first-order valence-electron chi connectivity index (χ1n) is 8.73. The molecule has 0 aliphatic heterocycles. The fourth-order valence-corrected chi connectivity index (χ4v) is 5.15. The van der Waals surface area contributed by atoms with Crippen LogP contribution in [0.5, 0.6) is 0 Å². The van der Waals surface area contributed by atoms with E-state index in [1.54, 1.807) is 11.8 Å². The van der Waals surface area contributed by atoms with Crippen LogP contribution in [0.3, 0.4) is 0 Å². The highest BCUT2D eigenvalue weighted by atomic mass is 32.2. The molecular weight excluding hydrogens is 340 g/mol. The van der Waals surface area contributed by atoms with Gasteiger partial charge >= 0.3 is 0 Å². The van der Waals surface area contributed by atoms with Crippen LogP contribution in [0.2, 0.25) is 0 Å². The van der Waals surface area contributed by atoms with E-state index in [1.807, 2.05) is 18.7 Å². The van der Waals surface area contributed by atoms with Gasteiger partial charge in [0.1, 0.15) is 0 Å². The lowest BCUT2D eigenvalue weighted by atomic mass is 9.97. The third kappa shape index (κ3) is 4.70. The van der Waals surface area contributed by atoms with Gasteiger partial charge in [-0.05, 0) is 31.6 Å². The van der Waals surface area contributed by atoms with Crippen molar-refractivity contribution in [2.45, 2.75) is 57.0 Å². The van der Waals surface area contributed by atoms with Gasteiger partial charge in [0.2, 0.25) is 0 Å². The number of nitrogen functional groups attached to an aromatic ring is 1. The van der Waals surface area contributed by atoms with Crippen LogP contribution in [0, 0.1) is 18.8 Å². The molecule has 4 N–H and O–H groups in total. The quantitative estimate of drug-likeness (QED) is 0.477. The molecule has 0 radical (unpaired) electrons. The maximum absolute atomic E-state index is 9.08. The number of aromatic nitrogens is 2. The first-order chi connectivity index (χ1) is 11.5. The molecule has 1 fully saturated rings. The number of thioether (sulfide) groups is 2. The predicted molar refractivity (Wildman–Crippen MR) is 106 cm³/mol. The number of nitrogens with one attached hydrogen (secondary N) is 1. The number of nitrogens with zero attached hydrogens (tertiary/aromatic N) is 2. The number of hydrogen-bond acceptors (Lipinski definition) is 7. The zero-order chi connectivity index (χ0) is 17.7. The molecule has 0 aromatic carbocycles. The second-order valence-corrected chi connectivity index (χ2v) is 8.95. The van der Waals surface area contributed by atoms with Gasteiger partial charge in [-0.2, -0.15) is 11.8 Å². The number of aliphatic hydroxyl groups is 1. The Morgan fingerprint density at radius 2 is 2.00 bits per heavy atom. The van der Waals surface area contributed by atoms with Crippen molar-refractivity contribution in [2.24, 2.45) is 11.8 Å². The molecular formula is C17H30N4OS2. The molecule has 4 atom stereocenters. The number of aryl methyl sites for hydroxylation is 1. The van der Waals surface area contributed by atoms with Gasteiger partial charge in [0.05, 0.1) is 18.0 Å². The van der Waals surface area contributed by atoms with E-state index >= 15 is 0 Å². The van der Waals surface area contributed by atoms with Gasteiger partial charge in [0.25, 0.3) is 0 Å². The summed E-state index contributed by atoms with van der Waals surface area (Å²) in [4.78, 5) is 9.14. The highest BCUT2D eigenvalue weighted by Crippen LogP contribution is 2.41. The van der Waals surface area contributed by atoms with Gasteiger partial charge in [-0.15, -0.1) is 0 Å². The van der Waals surface area contributed by atoms with Crippen LogP contribution in [0.15, 0.2) is 5.16 Å². The standard InChI is InChI=1S/C17H30N4OS2/c1-5-7-24-17-19-12(4)15(18)16(21-17)20-13-9-14(23-8-6-22)11(3)10(13)2/h10-11,13-14,22H,5-9,18H2,1-4H3,(H,19,20,21)/t10-,11+,13?,14+/m1/s1. The van der Waals surface area contributed by atoms with Crippen LogP contribution >= 0.6 is 23.5 Å². The van der Waals surface area contributed by atoms with E-state index in [2.05, 4.69) is 36.1 Å². The van der Waals surface area contributed by atoms with E-state index in [-0.39, 0.29) is 6.61 Å². The molecule has 1 aromatic rings. The molecule has 1 aliphatic carbocycles. The van der Waals surface area contributed by atoms with E-state index < -0.39 is 0 Å². The summed E-state index contributed by atoms with van der Waals surface area (Å²) in [6, 6.07) is 0.358. The second-order valence-electron chi connectivity index (χ2n) is 6.54. The van der Waals surface area contributed by atoms with Crippen molar-refractivity contribution in [1.82, 2.24) is 9.97 Å². The average Bonchev–Trinajstić information content (AvgIpc) is 2.83. The Balaban J connectivity index is 2.10. The van der Waals surface area contributed by atoms with Gasteiger partial charge in [-0.25, -0.2) is 9.97 Å². The van der Waals surface area contributed by atoms with Crippen LogP contribution in [0.1, 0.15) is 39.3 Å². The molecule has 0 saturated heterocycles. The lowest BCUT2D eigenvalue weighted by molar-refractivity contribution is 0.322. The molecule has 24 heavy (non-hydrogen) atoms. The van der Waals surface area contributed by atoms with E-state index in [9.17, 15) is 0 Å². The molecule has 1 aromatic heterocycles. The van der Waals surface area contributed by atoms with Crippen LogP contribution in [0.4, 0.5) is 11.5 Å². The van der Waals surface area contributed by atoms with Gasteiger partial charge in [0, 0.05) is 22.8 Å². The first kappa shape index (κ1) is 19.7. The summed E-state index contributed by atoms with van der Waals surface area (Å²) in [6.45, 7) is 8.94. The zero-order valence-corrected chi connectivity index (χ0v) is 16.7. The van der Waals surface area contributed by atoms with Crippen LogP contribution in [-0.2, 0) is 0 Å². The molecule has 0 bridgehead atoms. The minimum atomic E-state index is 0.246. The van der Waals surface area contributed by atoms with Crippen molar-refractivity contribution in [3.8, 4) is 0 Å². The summed E-state index contributed by atoms with van der Waals surface area (Å²) in [5.74, 6) is 3.75. The molecule has 0 spiro atoms. The summed E-state index contributed by atoms with van der Waals surface area (Å²) >= 11 is 3.55. The summed E-state index contributed by atoms with van der Waals surface area (Å²) in [7, 11) is 0. The zero-order valence-electron chi connectivity index (χ0n) is 15.1. The van der Waals surface area contributed by atoms with Gasteiger partial charge < -0.3 is 16.2 Å². The van der Waals surface area contributed by atoms with Gasteiger partial charge in [-0.1, -0.05) is 32.5 Å². The largest absolute Gasteiger partial charge is 0.396 e. The topological polar surface area (TPSA) is 84.1 Å². The molecule has 2 rings (SSSR count). The number of rotatable bonds is 8. The lowest BCUT2D eigenvalue weighted by Crippen LogP contribution is -2.25. The van der Waals surface area contributed by atoms with Crippen molar-refractivity contribution in [2.75, 3.05) is 29.2 Å². The number of hydrogen-bond donors (Lipinski definition) is 3. The Morgan fingerprint density at radius 3 is 2.67 bits per heavy atom. The summed E-state index contributed by atoms with van der Waals surface area (Å²) in [5, 5.41) is 14.0. The average molecular weight is 371 g/mol.